The average molecular weight is 752 g/mol. The van der Waals surface area contributed by atoms with Crippen LogP contribution in [-0.4, -0.2) is 0 Å². The van der Waals surface area contributed by atoms with Gasteiger partial charge in [0.25, 0.3) is 0 Å². The summed E-state index contributed by atoms with van der Waals surface area (Å²) in [6.07, 6.45) is 0. The Balaban J connectivity index is 1.17. The van der Waals surface area contributed by atoms with Crippen molar-refractivity contribution in [3.8, 4) is 22.3 Å². The molecule has 0 amide bonds. The second-order valence-corrected chi connectivity index (χ2v) is 16.8. The van der Waals surface area contributed by atoms with Crippen molar-refractivity contribution >= 4 is 49.4 Å². The van der Waals surface area contributed by atoms with E-state index >= 15 is 0 Å². The van der Waals surface area contributed by atoms with Crippen LogP contribution in [-0.2, 0) is 10.8 Å². The van der Waals surface area contributed by atoms with Gasteiger partial charge in [0.05, 0.1) is 11.1 Å². The van der Waals surface area contributed by atoms with Gasteiger partial charge in [0.1, 0.15) is 0 Å². The van der Waals surface area contributed by atoms with Crippen molar-refractivity contribution in [1.82, 2.24) is 0 Å². The maximum Gasteiger partial charge on any atom is 0.0713 e. The summed E-state index contributed by atoms with van der Waals surface area (Å²) in [6.45, 7) is 4.75. The summed E-state index contributed by atoms with van der Waals surface area (Å²) in [4.78, 5) is 2.54. The van der Waals surface area contributed by atoms with Crippen molar-refractivity contribution in [1.29, 1.82) is 0 Å². The molecule has 0 aromatic heterocycles. The van der Waals surface area contributed by atoms with E-state index in [1.165, 1.54) is 93.6 Å². The van der Waals surface area contributed by atoms with Gasteiger partial charge in [-0.15, -0.1) is 0 Å². The SMILES string of the molecule is CC1(C)c2ccccc2-c2c(N(c3ccc4c(c3)-c3ccccc3C4(c3ccccc3)c3ccccc3)c3ccc4c5ccccc5c5ccccc5c4c3)cccc21. The topological polar surface area (TPSA) is 3.24 Å². The molecule has 0 bridgehead atoms. The molecule has 0 saturated carbocycles. The van der Waals surface area contributed by atoms with Gasteiger partial charge in [-0.1, -0.05) is 196 Å². The van der Waals surface area contributed by atoms with Gasteiger partial charge in [0.15, 0.2) is 0 Å². The minimum Gasteiger partial charge on any atom is -0.310 e. The normalized spacial score (nSPS) is 14.2. The summed E-state index contributed by atoms with van der Waals surface area (Å²) in [5.41, 5.74) is 15.9. The first-order valence-corrected chi connectivity index (χ1v) is 20.8. The number of hydrogen-bond acceptors (Lipinski definition) is 1. The number of hydrogen-bond donors (Lipinski definition) is 0. The van der Waals surface area contributed by atoms with Crippen molar-refractivity contribution in [2.75, 3.05) is 4.90 Å². The van der Waals surface area contributed by atoms with Crippen LogP contribution < -0.4 is 4.90 Å². The Morgan fingerprint density at radius 1 is 0.322 bits per heavy atom. The van der Waals surface area contributed by atoms with E-state index < -0.39 is 5.41 Å². The van der Waals surface area contributed by atoms with E-state index in [1.54, 1.807) is 0 Å². The maximum absolute atomic E-state index is 2.54. The fraction of sp³-hybridized carbons (Fsp3) is 0.0690. The molecule has 0 atom stereocenters. The number of fused-ring (bicyclic) bond motifs is 12. The zero-order valence-electron chi connectivity index (χ0n) is 33.2. The lowest BCUT2D eigenvalue weighted by molar-refractivity contribution is 0.660. The van der Waals surface area contributed by atoms with E-state index in [0.29, 0.717) is 0 Å². The van der Waals surface area contributed by atoms with Gasteiger partial charge in [-0.2, -0.15) is 0 Å². The highest BCUT2D eigenvalue weighted by molar-refractivity contribution is 6.26. The van der Waals surface area contributed by atoms with Crippen LogP contribution in [0.15, 0.2) is 212 Å². The minimum absolute atomic E-state index is 0.131. The van der Waals surface area contributed by atoms with Crippen molar-refractivity contribution in [3.63, 3.8) is 0 Å². The highest BCUT2D eigenvalue weighted by atomic mass is 15.1. The molecule has 0 aliphatic heterocycles. The zero-order valence-corrected chi connectivity index (χ0v) is 33.2. The van der Waals surface area contributed by atoms with E-state index in [0.717, 1.165) is 11.4 Å². The molecular formula is C58H41N. The van der Waals surface area contributed by atoms with Crippen LogP contribution >= 0.6 is 0 Å². The predicted octanol–water partition coefficient (Wildman–Crippen LogP) is 15.3. The molecule has 0 spiro atoms. The summed E-state index contributed by atoms with van der Waals surface area (Å²) in [5, 5.41) is 7.65. The first-order valence-electron chi connectivity index (χ1n) is 20.8. The Morgan fingerprint density at radius 3 is 1.46 bits per heavy atom. The molecule has 1 nitrogen and oxygen atoms in total. The fourth-order valence-corrected chi connectivity index (χ4v) is 11.0. The maximum atomic E-state index is 2.54. The Kier molecular flexibility index (Phi) is 7.26. The Bertz CT molecular complexity index is 3230. The largest absolute Gasteiger partial charge is 0.310 e. The average Bonchev–Trinajstić information content (AvgIpc) is 3.73. The van der Waals surface area contributed by atoms with Crippen LogP contribution in [0.3, 0.4) is 0 Å². The molecule has 0 radical (unpaired) electrons. The standard InChI is InChI=1S/C58H41N/c1-57(2)51-28-15-14-27-48(51)56-54(57)30-17-31-55(56)59(40-32-34-46-44-24-10-9-22-42(44)43-23-11-12-25-45(43)49(46)36-40)41-33-35-53-50(37-41)47-26-13-16-29-52(47)58(53,38-18-5-3-6-19-38)39-20-7-4-8-21-39/h3-37H,1-2H3. The zero-order chi connectivity index (χ0) is 39.3. The summed E-state index contributed by atoms with van der Waals surface area (Å²) >= 11 is 0. The lowest BCUT2D eigenvalue weighted by Crippen LogP contribution is -2.28. The van der Waals surface area contributed by atoms with Gasteiger partial charge in [-0.05, 0) is 113 Å². The third-order valence-corrected chi connectivity index (χ3v) is 13.5. The summed E-state index contributed by atoms with van der Waals surface area (Å²) in [5.74, 6) is 0. The van der Waals surface area contributed by atoms with Gasteiger partial charge in [-0.3, -0.25) is 0 Å². The van der Waals surface area contributed by atoms with Crippen LogP contribution in [0.25, 0.3) is 54.6 Å². The Morgan fingerprint density at radius 2 is 0.797 bits per heavy atom. The molecule has 0 N–H and O–H groups in total. The molecule has 0 unspecified atom stereocenters. The third kappa shape index (κ3) is 4.67. The molecule has 278 valence electrons. The monoisotopic (exact) mass is 751 g/mol. The summed E-state index contributed by atoms with van der Waals surface area (Å²) in [6, 6.07) is 79.3. The van der Waals surface area contributed by atoms with E-state index in [2.05, 4.69) is 231 Å². The molecule has 59 heavy (non-hydrogen) atoms. The first kappa shape index (κ1) is 33.9. The molecule has 2 aliphatic carbocycles. The van der Waals surface area contributed by atoms with E-state index in [-0.39, 0.29) is 5.41 Å². The second-order valence-electron chi connectivity index (χ2n) is 16.8. The molecule has 10 aromatic carbocycles. The molecule has 2 aliphatic rings. The smallest absolute Gasteiger partial charge is 0.0713 e. The number of benzene rings is 10. The van der Waals surface area contributed by atoms with Crippen LogP contribution in [0.2, 0.25) is 0 Å². The summed E-state index contributed by atoms with van der Waals surface area (Å²) in [7, 11) is 0. The Labute approximate surface area is 345 Å². The van der Waals surface area contributed by atoms with E-state index in [9.17, 15) is 0 Å². The molecule has 0 saturated heterocycles. The predicted molar refractivity (Wildman–Crippen MR) is 249 cm³/mol. The van der Waals surface area contributed by atoms with Crippen molar-refractivity contribution in [3.05, 3.63) is 246 Å². The fourth-order valence-electron chi connectivity index (χ4n) is 11.0. The van der Waals surface area contributed by atoms with Gasteiger partial charge >= 0.3 is 0 Å². The lowest BCUT2D eigenvalue weighted by atomic mass is 9.68. The molecule has 12 rings (SSSR count). The van der Waals surface area contributed by atoms with Crippen LogP contribution in [0.1, 0.15) is 47.2 Å². The van der Waals surface area contributed by atoms with Gasteiger partial charge < -0.3 is 4.90 Å². The van der Waals surface area contributed by atoms with E-state index in [1.807, 2.05) is 0 Å². The van der Waals surface area contributed by atoms with Crippen LogP contribution in [0, 0.1) is 0 Å². The molecular weight excluding hydrogens is 711 g/mol. The second kappa shape index (κ2) is 12.6. The first-order chi connectivity index (χ1) is 29.0. The molecule has 0 heterocycles. The number of rotatable bonds is 5. The molecule has 0 fully saturated rings. The number of anilines is 3. The molecule has 1 heteroatoms. The number of nitrogens with zero attached hydrogens (tertiary/aromatic N) is 1. The van der Waals surface area contributed by atoms with Crippen molar-refractivity contribution < 1.29 is 0 Å². The van der Waals surface area contributed by atoms with E-state index in [4.69, 9.17) is 0 Å². The lowest BCUT2D eigenvalue weighted by Gasteiger charge is -2.34. The van der Waals surface area contributed by atoms with Gasteiger partial charge in [-0.25, -0.2) is 0 Å². The summed E-state index contributed by atoms with van der Waals surface area (Å²) < 4.78 is 0. The quantitative estimate of drug-likeness (QED) is 0.158. The highest BCUT2D eigenvalue weighted by Gasteiger charge is 2.46. The van der Waals surface area contributed by atoms with Crippen LogP contribution in [0.4, 0.5) is 17.1 Å². The Hall–Kier alpha value is -7.22. The van der Waals surface area contributed by atoms with Gasteiger partial charge in [0, 0.05) is 22.4 Å². The highest BCUT2D eigenvalue weighted by Crippen LogP contribution is 2.59. The minimum atomic E-state index is -0.461. The van der Waals surface area contributed by atoms with Crippen LogP contribution in [0.5, 0.6) is 0 Å². The van der Waals surface area contributed by atoms with Crippen molar-refractivity contribution in [2.45, 2.75) is 24.7 Å². The van der Waals surface area contributed by atoms with Gasteiger partial charge in [0.2, 0.25) is 0 Å². The third-order valence-electron chi connectivity index (χ3n) is 13.5. The molecule has 10 aromatic rings. The van der Waals surface area contributed by atoms with Crippen molar-refractivity contribution in [2.24, 2.45) is 0 Å².